The highest BCUT2D eigenvalue weighted by Gasteiger charge is 2.25. The molecule has 1 aliphatic carbocycles. The number of rotatable bonds is 4. The van der Waals surface area contributed by atoms with Gasteiger partial charge in [-0.1, -0.05) is 24.3 Å². The average molecular weight is 285 g/mol. The summed E-state index contributed by atoms with van der Waals surface area (Å²) in [6.45, 7) is 2.14. The largest absolute Gasteiger partial charge is 0.496 e. The standard InChI is InChI=1S/C18H20FNO/c1-12(15-5-3-4-6-18(15)21-2)20-17-10-7-13-11-14(19)8-9-16(13)17/h3-6,8-9,11-12,17,20H,7,10H2,1-2H3/t12-,17?/m0/s1. The van der Waals surface area contributed by atoms with Crippen LogP contribution < -0.4 is 10.1 Å². The minimum Gasteiger partial charge on any atom is -0.496 e. The summed E-state index contributed by atoms with van der Waals surface area (Å²) >= 11 is 0. The van der Waals surface area contributed by atoms with Gasteiger partial charge in [0.1, 0.15) is 11.6 Å². The number of para-hydroxylation sites is 1. The maximum Gasteiger partial charge on any atom is 0.123 e. The van der Waals surface area contributed by atoms with Gasteiger partial charge < -0.3 is 10.1 Å². The number of methoxy groups -OCH3 is 1. The molecular formula is C18H20FNO. The van der Waals surface area contributed by atoms with Gasteiger partial charge in [-0.15, -0.1) is 0 Å². The fourth-order valence-corrected chi connectivity index (χ4v) is 3.17. The number of benzene rings is 2. The third-order valence-electron chi connectivity index (χ3n) is 4.24. The summed E-state index contributed by atoms with van der Waals surface area (Å²) < 4.78 is 18.7. The molecule has 2 aromatic carbocycles. The summed E-state index contributed by atoms with van der Waals surface area (Å²) in [5.74, 6) is 0.752. The molecule has 0 saturated heterocycles. The minimum atomic E-state index is -0.146. The van der Waals surface area contributed by atoms with E-state index in [-0.39, 0.29) is 17.9 Å². The molecule has 2 atom stereocenters. The van der Waals surface area contributed by atoms with Crippen LogP contribution in [-0.4, -0.2) is 7.11 Å². The van der Waals surface area contributed by atoms with E-state index < -0.39 is 0 Å². The van der Waals surface area contributed by atoms with Gasteiger partial charge in [0.05, 0.1) is 7.11 Å². The number of halogens is 1. The third-order valence-corrected chi connectivity index (χ3v) is 4.24. The van der Waals surface area contributed by atoms with E-state index in [2.05, 4.69) is 18.3 Å². The van der Waals surface area contributed by atoms with Crippen molar-refractivity contribution in [2.24, 2.45) is 0 Å². The lowest BCUT2D eigenvalue weighted by atomic mass is 10.0. The highest BCUT2D eigenvalue weighted by atomic mass is 19.1. The maximum absolute atomic E-state index is 13.3. The zero-order chi connectivity index (χ0) is 14.8. The fourth-order valence-electron chi connectivity index (χ4n) is 3.17. The lowest BCUT2D eigenvalue weighted by Gasteiger charge is -2.22. The van der Waals surface area contributed by atoms with Crippen LogP contribution in [0.15, 0.2) is 42.5 Å². The van der Waals surface area contributed by atoms with E-state index in [1.54, 1.807) is 19.2 Å². The van der Waals surface area contributed by atoms with Crippen LogP contribution in [0, 0.1) is 5.82 Å². The van der Waals surface area contributed by atoms with Gasteiger partial charge in [-0.3, -0.25) is 0 Å². The molecule has 2 aromatic rings. The second kappa shape index (κ2) is 5.86. The zero-order valence-corrected chi connectivity index (χ0v) is 12.4. The predicted molar refractivity (Wildman–Crippen MR) is 82.0 cm³/mol. The third kappa shape index (κ3) is 2.79. The first-order valence-corrected chi connectivity index (χ1v) is 7.36. The molecule has 0 aliphatic heterocycles. The Morgan fingerprint density at radius 2 is 2.05 bits per heavy atom. The van der Waals surface area contributed by atoms with E-state index in [0.717, 1.165) is 29.7 Å². The summed E-state index contributed by atoms with van der Waals surface area (Å²) in [5.41, 5.74) is 3.49. The van der Waals surface area contributed by atoms with E-state index in [0.29, 0.717) is 0 Å². The van der Waals surface area contributed by atoms with Crippen molar-refractivity contribution >= 4 is 0 Å². The van der Waals surface area contributed by atoms with E-state index >= 15 is 0 Å². The second-order valence-corrected chi connectivity index (χ2v) is 5.56. The van der Waals surface area contributed by atoms with E-state index in [4.69, 9.17) is 4.74 Å². The topological polar surface area (TPSA) is 21.3 Å². The van der Waals surface area contributed by atoms with Crippen molar-refractivity contribution in [1.82, 2.24) is 5.32 Å². The van der Waals surface area contributed by atoms with Crippen LogP contribution in [0.5, 0.6) is 5.75 Å². The average Bonchev–Trinajstić information content (AvgIpc) is 2.89. The first-order valence-electron chi connectivity index (χ1n) is 7.36. The highest BCUT2D eigenvalue weighted by Crippen LogP contribution is 2.34. The van der Waals surface area contributed by atoms with Gasteiger partial charge in [0.2, 0.25) is 0 Å². The number of hydrogen-bond donors (Lipinski definition) is 1. The summed E-state index contributed by atoms with van der Waals surface area (Å²) in [5, 5.41) is 3.64. The molecule has 0 aromatic heterocycles. The van der Waals surface area contributed by atoms with Gasteiger partial charge in [-0.05, 0) is 49.1 Å². The zero-order valence-electron chi connectivity index (χ0n) is 12.4. The molecule has 110 valence electrons. The Labute approximate surface area is 125 Å². The van der Waals surface area contributed by atoms with Crippen LogP contribution in [0.1, 0.15) is 42.1 Å². The predicted octanol–water partition coefficient (Wildman–Crippen LogP) is 4.17. The van der Waals surface area contributed by atoms with Crippen molar-refractivity contribution in [1.29, 1.82) is 0 Å². The molecule has 3 rings (SSSR count). The maximum atomic E-state index is 13.3. The van der Waals surface area contributed by atoms with Gasteiger partial charge in [0.15, 0.2) is 0 Å². The summed E-state index contributed by atoms with van der Waals surface area (Å²) in [4.78, 5) is 0. The van der Waals surface area contributed by atoms with Crippen molar-refractivity contribution in [2.45, 2.75) is 31.8 Å². The molecule has 0 bridgehead atoms. The molecular weight excluding hydrogens is 265 g/mol. The van der Waals surface area contributed by atoms with Gasteiger partial charge in [-0.2, -0.15) is 0 Å². The first kappa shape index (κ1) is 14.1. The minimum absolute atomic E-state index is 0.146. The van der Waals surface area contributed by atoms with Crippen molar-refractivity contribution in [2.75, 3.05) is 7.11 Å². The number of aryl methyl sites for hydroxylation is 1. The molecule has 1 N–H and O–H groups in total. The quantitative estimate of drug-likeness (QED) is 0.910. The van der Waals surface area contributed by atoms with Crippen LogP contribution in [0.3, 0.4) is 0 Å². The van der Waals surface area contributed by atoms with Crippen molar-refractivity contribution in [3.05, 3.63) is 65.0 Å². The summed E-state index contributed by atoms with van der Waals surface area (Å²) in [7, 11) is 1.69. The molecule has 1 aliphatic rings. The molecule has 0 amide bonds. The Bertz CT molecular complexity index is 641. The summed E-state index contributed by atoms with van der Waals surface area (Å²) in [6.07, 6.45) is 1.95. The molecule has 1 unspecified atom stereocenters. The van der Waals surface area contributed by atoms with Crippen LogP contribution in [-0.2, 0) is 6.42 Å². The Balaban J connectivity index is 1.79. The number of fused-ring (bicyclic) bond motifs is 1. The second-order valence-electron chi connectivity index (χ2n) is 5.56. The van der Waals surface area contributed by atoms with E-state index in [1.165, 1.54) is 5.56 Å². The molecule has 0 spiro atoms. The summed E-state index contributed by atoms with van der Waals surface area (Å²) in [6, 6.07) is 13.6. The fraction of sp³-hybridized carbons (Fsp3) is 0.333. The molecule has 3 heteroatoms. The number of hydrogen-bond acceptors (Lipinski definition) is 2. The molecule has 0 heterocycles. The SMILES string of the molecule is COc1ccccc1[C@H](C)NC1CCc2cc(F)ccc21. The Morgan fingerprint density at radius 1 is 1.24 bits per heavy atom. The van der Waals surface area contributed by atoms with E-state index in [1.807, 2.05) is 24.3 Å². The monoisotopic (exact) mass is 285 g/mol. The van der Waals surface area contributed by atoms with E-state index in [9.17, 15) is 4.39 Å². The molecule has 0 radical (unpaired) electrons. The Kier molecular flexibility index (Phi) is 3.93. The van der Waals surface area contributed by atoms with Gasteiger partial charge in [0.25, 0.3) is 0 Å². The Morgan fingerprint density at radius 3 is 2.86 bits per heavy atom. The van der Waals surface area contributed by atoms with Crippen LogP contribution in [0.4, 0.5) is 4.39 Å². The van der Waals surface area contributed by atoms with Crippen molar-refractivity contribution in [3.63, 3.8) is 0 Å². The Hall–Kier alpha value is -1.87. The number of nitrogens with one attached hydrogen (secondary N) is 1. The van der Waals surface area contributed by atoms with Crippen LogP contribution in [0.2, 0.25) is 0 Å². The van der Waals surface area contributed by atoms with Gasteiger partial charge in [0, 0.05) is 17.6 Å². The van der Waals surface area contributed by atoms with Crippen LogP contribution >= 0.6 is 0 Å². The molecule has 2 nitrogen and oxygen atoms in total. The lowest BCUT2D eigenvalue weighted by Crippen LogP contribution is -2.23. The van der Waals surface area contributed by atoms with Crippen molar-refractivity contribution in [3.8, 4) is 5.75 Å². The van der Waals surface area contributed by atoms with Crippen LogP contribution in [0.25, 0.3) is 0 Å². The van der Waals surface area contributed by atoms with Crippen molar-refractivity contribution < 1.29 is 9.13 Å². The lowest BCUT2D eigenvalue weighted by molar-refractivity contribution is 0.393. The molecule has 0 fully saturated rings. The molecule has 21 heavy (non-hydrogen) atoms. The highest BCUT2D eigenvalue weighted by molar-refractivity contribution is 5.38. The first-order chi connectivity index (χ1) is 10.2. The smallest absolute Gasteiger partial charge is 0.123 e. The van der Waals surface area contributed by atoms with Gasteiger partial charge >= 0.3 is 0 Å². The normalized spacial score (nSPS) is 18.3. The number of ether oxygens (including phenoxy) is 1. The molecule has 0 saturated carbocycles. The van der Waals surface area contributed by atoms with Gasteiger partial charge in [-0.25, -0.2) is 4.39 Å².